The smallest absolute Gasteiger partial charge is 0.257 e. The first-order valence-corrected chi connectivity index (χ1v) is 9.72. The van der Waals surface area contributed by atoms with Crippen LogP contribution in [0.5, 0.6) is 17.2 Å². The highest BCUT2D eigenvalue weighted by atomic mass is 32.1. The van der Waals surface area contributed by atoms with Gasteiger partial charge in [-0.3, -0.25) is 10.1 Å². The lowest BCUT2D eigenvalue weighted by atomic mass is 10.1. The van der Waals surface area contributed by atoms with Gasteiger partial charge in [-0.25, -0.2) is 4.98 Å². The van der Waals surface area contributed by atoms with Crippen LogP contribution in [0.25, 0.3) is 11.3 Å². The maximum atomic E-state index is 12.7. The summed E-state index contributed by atoms with van der Waals surface area (Å²) in [6.45, 7) is 5.95. The van der Waals surface area contributed by atoms with Gasteiger partial charge >= 0.3 is 0 Å². The van der Waals surface area contributed by atoms with Gasteiger partial charge < -0.3 is 14.2 Å². The van der Waals surface area contributed by atoms with Crippen molar-refractivity contribution in [2.75, 3.05) is 26.1 Å². The van der Waals surface area contributed by atoms with Gasteiger partial charge in [-0.1, -0.05) is 12.7 Å². The second-order valence-corrected chi connectivity index (χ2v) is 7.27. The molecular weight excluding hydrogens is 388 g/mol. The summed E-state index contributed by atoms with van der Waals surface area (Å²) in [4.78, 5) is 18.3. The molecule has 3 rings (SSSR count). The van der Waals surface area contributed by atoms with E-state index >= 15 is 0 Å². The van der Waals surface area contributed by atoms with Crippen LogP contribution >= 0.6 is 11.3 Å². The van der Waals surface area contributed by atoms with Gasteiger partial charge in [-0.2, -0.15) is 0 Å². The van der Waals surface area contributed by atoms with Crippen LogP contribution < -0.4 is 19.5 Å². The first-order valence-electron chi connectivity index (χ1n) is 8.90. The summed E-state index contributed by atoms with van der Waals surface area (Å²) in [5, 5.41) is 3.39. The summed E-state index contributed by atoms with van der Waals surface area (Å²) < 4.78 is 16.0. The first kappa shape index (κ1) is 20.4. The second kappa shape index (κ2) is 9.25. The number of hydrogen-bond acceptors (Lipinski definition) is 6. The lowest BCUT2D eigenvalue weighted by molar-refractivity contribution is 0.102. The van der Waals surface area contributed by atoms with E-state index in [0.717, 1.165) is 21.9 Å². The number of ether oxygens (including phenoxy) is 3. The molecule has 2 aromatic carbocycles. The Morgan fingerprint density at radius 3 is 2.55 bits per heavy atom. The number of thiazole rings is 1. The monoisotopic (exact) mass is 410 g/mol. The van der Waals surface area contributed by atoms with Crippen molar-refractivity contribution in [3.8, 4) is 28.5 Å². The molecule has 0 aliphatic rings. The van der Waals surface area contributed by atoms with Gasteiger partial charge in [0.05, 0.1) is 19.9 Å². The van der Waals surface area contributed by atoms with E-state index < -0.39 is 0 Å². The Hall–Kier alpha value is -3.32. The third kappa shape index (κ3) is 4.75. The van der Waals surface area contributed by atoms with Crippen LogP contribution in [0, 0.1) is 6.92 Å². The number of carbonyl (C=O) groups excluding carboxylic acids is 1. The molecule has 0 saturated heterocycles. The van der Waals surface area contributed by atoms with Gasteiger partial charge in [0.15, 0.2) is 16.6 Å². The fraction of sp³-hybridized carbons (Fsp3) is 0.182. The van der Waals surface area contributed by atoms with Crippen molar-refractivity contribution in [1.82, 2.24) is 4.98 Å². The standard InChI is InChI=1S/C22H22N2O4S/c1-5-12-28-18-11-8-16(13-19(18)27-4)21(25)24-22-23-20(14(2)29-22)15-6-9-17(26-3)10-7-15/h5-11,13H,1,12H2,2-4H3,(H,23,24,25). The second-order valence-electron chi connectivity index (χ2n) is 6.07. The Bertz CT molecular complexity index is 1010. The molecule has 0 aliphatic heterocycles. The van der Waals surface area contributed by atoms with Gasteiger partial charge in [0.1, 0.15) is 12.4 Å². The fourth-order valence-electron chi connectivity index (χ4n) is 2.71. The Kier molecular flexibility index (Phi) is 6.51. The SMILES string of the molecule is C=CCOc1ccc(C(=O)Nc2nc(-c3ccc(OC)cc3)c(C)s2)cc1OC. The Balaban J connectivity index is 1.77. The topological polar surface area (TPSA) is 69.7 Å². The van der Waals surface area contributed by atoms with E-state index in [1.54, 1.807) is 31.4 Å². The Labute approximate surface area is 173 Å². The largest absolute Gasteiger partial charge is 0.497 e. The Morgan fingerprint density at radius 1 is 1.14 bits per heavy atom. The van der Waals surface area contributed by atoms with Gasteiger partial charge in [0, 0.05) is 16.0 Å². The molecule has 7 heteroatoms. The average molecular weight is 410 g/mol. The van der Waals surface area contributed by atoms with E-state index in [-0.39, 0.29) is 5.91 Å². The highest BCUT2D eigenvalue weighted by Gasteiger charge is 2.15. The van der Waals surface area contributed by atoms with Crippen molar-refractivity contribution in [1.29, 1.82) is 0 Å². The van der Waals surface area contributed by atoms with Crippen molar-refractivity contribution < 1.29 is 19.0 Å². The number of aryl methyl sites for hydroxylation is 1. The predicted molar refractivity (Wildman–Crippen MR) is 115 cm³/mol. The van der Waals surface area contributed by atoms with Crippen molar-refractivity contribution in [3.63, 3.8) is 0 Å². The molecule has 29 heavy (non-hydrogen) atoms. The van der Waals surface area contributed by atoms with Crippen LogP contribution in [0.2, 0.25) is 0 Å². The number of nitrogens with one attached hydrogen (secondary N) is 1. The summed E-state index contributed by atoms with van der Waals surface area (Å²) in [6, 6.07) is 12.7. The van der Waals surface area contributed by atoms with E-state index in [2.05, 4.69) is 16.9 Å². The van der Waals surface area contributed by atoms with Gasteiger partial charge in [-0.15, -0.1) is 11.3 Å². The number of carbonyl (C=O) groups is 1. The fourth-order valence-corrected chi connectivity index (χ4v) is 3.54. The Morgan fingerprint density at radius 2 is 1.90 bits per heavy atom. The maximum absolute atomic E-state index is 12.7. The van der Waals surface area contributed by atoms with Crippen LogP contribution in [0.1, 0.15) is 15.2 Å². The quantitative estimate of drug-likeness (QED) is 0.532. The number of amides is 1. The van der Waals surface area contributed by atoms with Crippen molar-refractivity contribution >= 4 is 22.4 Å². The van der Waals surface area contributed by atoms with E-state index in [0.29, 0.717) is 28.8 Å². The molecule has 3 aromatic rings. The number of anilines is 1. The van der Waals surface area contributed by atoms with E-state index in [9.17, 15) is 4.79 Å². The minimum Gasteiger partial charge on any atom is -0.497 e. The molecule has 0 fully saturated rings. The van der Waals surface area contributed by atoms with Crippen LogP contribution in [-0.2, 0) is 0 Å². The molecule has 1 aromatic heterocycles. The van der Waals surface area contributed by atoms with Crippen LogP contribution in [0.3, 0.4) is 0 Å². The third-order valence-corrected chi connectivity index (χ3v) is 5.05. The summed E-state index contributed by atoms with van der Waals surface area (Å²) in [5.41, 5.74) is 2.25. The zero-order valence-electron chi connectivity index (χ0n) is 16.5. The molecule has 0 spiro atoms. The highest BCUT2D eigenvalue weighted by Crippen LogP contribution is 2.32. The molecular formula is C22H22N2O4S. The molecule has 0 atom stereocenters. The molecule has 150 valence electrons. The average Bonchev–Trinajstić information content (AvgIpc) is 3.11. The summed E-state index contributed by atoms with van der Waals surface area (Å²) in [7, 11) is 3.16. The minimum atomic E-state index is -0.270. The molecule has 1 amide bonds. The summed E-state index contributed by atoms with van der Waals surface area (Å²) in [5.74, 6) is 1.54. The lowest BCUT2D eigenvalue weighted by Crippen LogP contribution is -2.12. The van der Waals surface area contributed by atoms with Crippen molar-refractivity contribution in [2.24, 2.45) is 0 Å². The van der Waals surface area contributed by atoms with Gasteiger partial charge in [0.25, 0.3) is 5.91 Å². The van der Waals surface area contributed by atoms with E-state index in [4.69, 9.17) is 14.2 Å². The van der Waals surface area contributed by atoms with Crippen molar-refractivity contribution in [3.05, 3.63) is 65.6 Å². The summed E-state index contributed by atoms with van der Waals surface area (Å²) in [6.07, 6.45) is 1.64. The number of benzene rings is 2. The molecule has 1 heterocycles. The number of hydrogen-bond donors (Lipinski definition) is 1. The van der Waals surface area contributed by atoms with E-state index in [1.165, 1.54) is 18.4 Å². The number of nitrogens with zero attached hydrogens (tertiary/aromatic N) is 1. The number of rotatable bonds is 8. The zero-order valence-corrected chi connectivity index (χ0v) is 17.3. The molecule has 0 radical (unpaired) electrons. The first-order chi connectivity index (χ1) is 14.0. The molecule has 0 aliphatic carbocycles. The number of aromatic nitrogens is 1. The van der Waals surface area contributed by atoms with Crippen LogP contribution in [0.15, 0.2) is 55.1 Å². The third-order valence-electron chi connectivity index (χ3n) is 4.16. The van der Waals surface area contributed by atoms with Crippen LogP contribution in [-0.4, -0.2) is 31.7 Å². The molecule has 1 N–H and O–H groups in total. The molecule has 0 saturated carbocycles. The normalized spacial score (nSPS) is 10.3. The van der Waals surface area contributed by atoms with Crippen LogP contribution in [0.4, 0.5) is 5.13 Å². The van der Waals surface area contributed by atoms with Gasteiger partial charge in [-0.05, 0) is 49.4 Å². The van der Waals surface area contributed by atoms with Gasteiger partial charge in [0.2, 0.25) is 0 Å². The lowest BCUT2D eigenvalue weighted by Gasteiger charge is -2.10. The zero-order chi connectivity index (χ0) is 20.8. The molecule has 6 nitrogen and oxygen atoms in total. The maximum Gasteiger partial charge on any atom is 0.257 e. The highest BCUT2D eigenvalue weighted by molar-refractivity contribution is 7.16. The van der Waals surface area contributed by atoms with E-state index in [1.807, 2.05) is 31.2 Å². The number of methoxy groups -OCH3 is 2. The minimum absolute atomic E-state index is 0.270. The van der Waals surface area contributed by atoms with Crippen molar-refractivity contribution in [2.45, 2.75) is 6.92 Å². The molecule has 0 unspecified atom stereocenters. The predicted octanol–water partition coefficient (Wildman–Crippen LogP) is 4.95. The summed E-state index contributed by atoms with van der Waals surface area (Å²) >= 11 is 1.43. The molecule has 0 bridgehead atoms.